The number of amidine groups is 2. The number of benzene rings is 4. The molecule has 0 radical (unpaired) electrons. The average molecular weight is 430 g/mol. The van der Waals surface area contributed by atoms with Gasteiger partial charge in [-0.3, -0.25) is 4.99 Å². The van der Waals surface area contributed by atoms with Gasteiger partial charge in [-0.25, -0.2) is 4.99 Å². The lowest BCUT2D eigenvalue weighted by Crippen LogP contribution is -2.16. The number of hydrogen-bond acceptors (Lipinski definition) is 1. The number of nitrogens with two attached hydrogens (primary N) is 1. The molecule has 0 spiro atoms. The molecule has 0 atom stereocenters. The van der Waals surface area contributed by atoms with Gasteiger partial charge in [0, 0.05) is 23.6 Å². The van der Waals surface area contributed by atoms with E-state index in [0.717, 1.165) is 16.7 Å². The van der Waals surface area contributed by atoms with Gasteiger partial charge in [-0.1, -0.05) is 105 Å². The van der Waals surface area contributed by atoms with E-state index in [9.17, 15) is 0 Å². The van der Waals surface area contributed by atoms with Crippen LogP contribution in [0.15, 0.2) is 107 Å². The molecule has 4 aromatic rings. The Morgan fingerprint density at radius 3 is 2.03 bits per heavy atom. The Morgan fingerprint density at radius 2 is 1.30 bits per heavy atom. The smallest absolute Gasteiger partial charge is 0.156 e. The van der Waals surface area contributed by atoms with Crippen LogP contribution in [0.4, 0.5) is 0 Å². The topological polar surface area (TPSA) is 50.7 Å². The predicted molar refractivity (Wildman–Crippen MR) is 139 cm³/mol. The summed E-state index contributed by atoms with van der Waals surface area (Å²) in [5.41, 5.74) is 15.9. The number of aliphatic imine (C=N–C) groups is 2. The largest absolute Gasteiger partial charge is 0.383 e. The van der Waals surface area contributed by atoms with Crippen molar-refractivity contribution in [3.05, 3.63) is 119 Å². The molecule has 1 aliphatic rings. The van der Waals surface area contributed by atoms with Crippen molar-refractivity contribution in [2.24, 2.45) is 15.7 Å². The normalized spacial score (nSPS) is 14.6. The second-order valence-corrected chi connectivity index (χ2v) is 8.92. The first kappa shape index (κ1) is 20.9. The van der Waals surface area contributed by atoms with Gasteiger partial charge in [0.2, 0.25) is 0 Å². The standard InChI is InChI=1S/C30H27N3/c1-30(2)26-12-8-7-11-24(26)25-18-17-23(19-27(25)30)20-13-15-21(16-14-20)28(31)33-29(32-3)22-9-5-4-6-10-22/h4-19H,1-3H3,(H2,31,32,33). The van der Waals surface area contributed by atoms with Gasteiger partial charge in [0.1, 0.15) is 5.84 Å². The van der Waals surface area contributed by atoms with Crippen molar-refractivity contribution in [2.75, 3.05) is 7.05 Å². The van der Waals surface area contributed by atoms with Crippen LogP contribution in [0, 0.1) is 0 Å². The summed E-state index contributed by atoms with van der Waals surface area (Å²) in [4.78, 5) is 8.87. The number of nitrogens with zero attached hydrogens (tertiary/aromatic N) is 2. The van der Waals surface area contributed by atoms with Crippen molar-refractivity contribution < 1.29 is 0 Å². The highest BCUT2D eigenvalue weighted by molar-refractivity contribution is 6.11. The van der Waals surface area contributed by atoms with Gasteiger partial charge in [0.05, 0.1) is 0 Å². The lowest BCUT2D eigenvalue weighted by atomic mass is 9.81. The second-order valence-electron chi connectivity index (χ2n) is 8.92. The summed E-state index contributed by atoms with van der Waals surface area (Å²) in [7, 11) is 1.73. The van der Waals surface area contributed by atoms with E-state index in [1.807, 2.05) is 42.5 Å². The van der Waals surface area contributed by atoms with Crippen LogP contribution in [-0.4, -0.2) is 18.7 Å². The molecule has 33 heavy (non-hydrogen) atoms. The van der Waals surface area contributed by atoms with Crippen LogP contribution in [0.25, 0.3) is 22.3 Å². The third-order valence-corrected chi connectivity index (χ3v) is 6.57. The molecule has 0 heterocycles. The van der Waals surface area contributed by atoms with Crippen molar-refractivity contribution >= 4 is 11.7 Å². The summed E-state index contributed by atoms with van der Waals surface area (Å²) in [6, 6.07) is 33.7. The van der Waals surface area contributed by atoms with Crippen LogP contribution in [0.1, 0.15) is 36.1 Å². The molecule has 5 rings (SSSR count). The highest BCUT2D eigenvalue weighted by Crippen LogP contribution is 2.49. The number of fused-ring (bicyclic) bond motifs is 3. The minimum Gasteiger partial charge on any atom is -0.383 e. The zero-order chi connectivity index (χ0) is 23.0. The molecular weight excluding hydrogens is 402 g/mol. The second kappa shape index (κ2) is 8.18. The lowest BCUT2D eigenvalue weighted by molar-refractivity contribution is 0.660. The van der Waals surface area contributed by atoms with E-state index in [1.54, 1.807) is 7.05 Å². The highest BCUT2D eigenvalue weighted by atomic mass is 14.9. The van der Waals surface area contributed by atoms with Crippen molar-refractivity contribution in [3.63, 3.8) is 0 Å². The van der Waals surface area contributed by atoms with Crippen molar-refractivity contribution in [1.29, 1.82) is 0 Å². The molecule has 0 bridgehead atoms. The van der Waals surface area contributed by atoms with Crippen molar-refractivity contribution in [3.8, 4) is 22.3 Å². The number of rotatable bonds is 3. The fourth-order valence-electron chi connectivity index (χ4n) is 4.73. The fourth-order valence-corrected chi connectivity index (χ4v) is 4.73. The van der Waals surface area contributed by atoms with Crippen molar-refractivity contribution in [1.82, 2.24) is 0 Å². The van der Waals surface area contributed by atoms with Gasteiger partial charge >= 0.3 is 0 Å². The minimum absolute atomic E-state index is 0.00765. The predicted octanol–water partition coefficient (Wildman–Crippen LogP) is 6.44. The first-order valence-electron chi connectivity index (χ1n) is 11.2. The third-order valence-electron chi connectivity index (χ3n) is 6.57. The maximum Gasteiger partial charge on any atom is 0.156 e. The monoisotopic (exact) mass is 429 g/mol. The summed E-state index contributed by atoms with van der Waals surface area (Å²) >= 11 is 0. The summed E-state index contributed by atoms with van der Waals surface area (Å²) in [5, 5.41) is 0. The summed E-state index contributed by atoms with van der Waals surface area (Å²) < 4.78 is 0. The molecule has 0 saturated heterocycles. The Hall–Kier alpha value is -3.98. The van der Waals surface area contributed by atoms with Gasteiger partial charge in [-0.05, 0) is 39.4 Å². The fraction of sp³-hybridized carbons (Fsp3) is 0.133. The molecule has 0 amide bonds. The van der Waals surface area contributed by atoms with Crippen LogP contribution in [0.3, 0.4) is 0 Å². The molecule has 3 nitrogen and oxygen atoms in total. The third kappa shape index (κ3) is 3.66. The SMILES string of the molecule is CN=C(N=C(N)c1ccc(-c2ccc3c(c2)C(C)(C)c2ccccc2-3)cc1)c1ccccc1. The molecule has 0 saturated carbocycles. The summed E-state index contributed by atoms with van der Waals surface area (Å²) in [6.07, 6.45) is 0. The Balaban J connectivity index is 1.45. The molecule has 0 unspecified atom stereocenters. The molecule has 162 valence electrons. The zero-order valence-corrected chi connectivity index (χ0v) is 19.2. The molecule has 2 N–H and O–H groups in total. The van der Waals surface area contributed by atoms with Gasteiger partial charge in [-0.2, -0.15) is 0 Å². The van der Waals surface area contributed by atoms with Crippen LogP contribution in [0.5, 0.6) is 0 Å². The van der Waals surface area contributed by atoms with E-state index < -0.39 is 0 Å². The van der Waals surface area contributed by atoms with E-state index in [-0.39, 0.29) is 5.41 Å². The molecule has 0 fully saturated rings. The van der Waals surface area contributed by atoms with Gasteiger partial charge in [-0.15, -0.1) is 0 Å². The highest BCUT2D eigenvalue weighted by Gasteiger charge is 2.35. The average Bonchev–Trinajstić information content (AvgIpc) is 3.09. The Bertz CT molecular complexity index is 1380. The quantitative estimate of drug-likeness (QED) is 0.296. The first-order valence-corrected chi connectivity index (χ1v) is 11.2. The molecule has 4 aromatic carbocycles. The molecule has 3 heteroatoms. The van der Waals surface area contributed by atoms with Crippen LogP contribution in [-0.2, 0) is 5.41 Å². The Labute approximate surface area is 195 Å². The maximum atomic E-state index is 6.32. The van der Waals surface area contributed by atoms with Crippen LogP contribution >= 0.6 is 0 Å². The molecular formula is C30H27N3. The Morgan fingerprint density at radius 1 is 0.667 bits per heavy atom. The minimum atomic E-state index is -0.00765. The van der Waals surface area contributed by atoms with Gasteiger partial charge in [0.15, 0.2) is 5.84 Å². The van der Waals surface area contributed by atoms with E-state index >= 15 is 0 Å². The van der Waals surface area contributed by atoms with E-state index in [0.29, 0.717) is 11.7 Å². The Kier molecular flexibility index (Phi) is 5.18. The van der Waals surface area contributed by atoms with Crippen LogP contribution in [0.2, 0.25) is 0 Å². The molecule has 0 aliphatic heterocycles. The zero-order valence-electron chi connectivity index (χ0n) is 19.2. The van der Waals surface area contributed by atoms with E-state index in [1.165, 1.54) is 27.8 Å². The van der Waals surface area contributed by atoms with E-state index in [2.05, 4.69) is 78.4 Å². The first-order chi connectivity index (χ1) is 16.0. The molecule has 1 aliphatic carbocycles. The maximum absolute atomic E-state index is 6.32. The van der Waals surface area contributed by atoms with Gasteiger partial charge in [0.25, 0.3) is 0 Å². The molecule has 0 aromatic heterocycles. The number of hydrogen-bond donors (Lipinski definition) is 1. The van der Waals surface area contributed by atoms with Crippen LogP contribution < -0.4 is 5.73 Å². The van der Waals surface area contributed by atoms with Crippen molar-refractivity contribution in [2.45, 2.75) is 19.3 Å². The summed E-state index contributed by atoms with van der Waals surface area (Å²) in [5.74, 6) is 1.08. The summed E-state index contributed by atoms with van der Waals surface area (Å²) in [6.45, 7) is 4.61. The van der Waals surface area contributed by atoms with E-state index in [4.69, 9.17) is 5.73 Å². The van der Waals surface area contributed by atoms with Gasteiger partial charge < -0.3 is 5.73 Å². The lowest BCUT2D eigenvalue weighted by Gasteiger charge is -2.22.